The molecule has 1 aromatic carbocycles. The standard InChI is InChI=1S/C20H30N2O2/c1-5-17-11-6-7-12-22(17)19(24)20(3,4)18(23)21-14-16-10-8-9-15(2)13-16/h8-10,13,17H,5-7,11-12,14H2,1-4H3,(H,21,23). The van der Waals surface area contributed by atoms with Crippen LogP contribution in [0.2, 0.25) is 0 Å². The van der Waals surface area contributed by atoms with Crippen molar-refractivity contribution in [2.24, 2.45) is 5.41 Å². The van der Waals surface area contributed by atoms with Gasteiger partial charge in [-0.1, -0.05) is 36.8 Å². The minimum atomic E-state index is -1.03. The van der Waals surface area contributed by atoms with Crippen molar-refractivity contribution >= 4 is 11.8 Å². The van der Waals surface area contributed by atoms with Crippen LogP contribution in [0.1, 0.15) is 57.6 Å². The summed E-state index contributed by atoms with van der Waals surface area (Å²) in [6.07, 6.45) is 4.20. The predicted octanol–water partition coefficient (Wildman–Crippen LogP) is 3.43. The van der Waals surface area contributed by atoms with E-state index in [0.717, 1.165) is 36.9 Å². The lowest BCUT2D eigenvalue weighted by molar-refractivity contribution is -0.151. The van der Waals surface area contributed by atoms with Crippen molar-refractivity contribution in [1.82, 2.24) is 10.2 Å². The third-order valence-electron chi connectivity index (χ3n) is 5.00. The largest absolute Gasteiger partial charge is 0.351 e. The topological polar surface area (TPSA) is 49.4 Å². The molecule has 1 heterocycles. The first-order valence-electron chi connectivity index (χ1n) is 9.01. The van der Waals surface area contributed by atoms with Crippen LogP contribution in [0.15, 0.2) is 24.3 Å². The smallest absolute Gasteiger partial charge is 0.237 e. The lowest BCUT2D eigenvalue weighted by atomic mass is 9.87. The monoisotopic (exact) mass is 330 g/mol. The Morgan fingerprint density at radius 1 is 1.29 bits per heavy atom. The second-order valence-electron chi connectivity index (χ2n) is 7.35. The summed E-state index contributed by atoms with van der Waals surface area (Å²) in [5.74, 6) is -0.245. The van der Waals surface area contributed by atoms with Crippen LogP contribution in [0, 0.1) is 12.3 Å². The number of hydrogen-bond donors (Lipinski definition) is 1. The predicted molar refractivity (Wildman–Crippen MR) is 96.4 cm³/mol. The van der Waals surface area contributed by atoms with Crippen LogP contribution in [0.25, 0.3) is 0 Å². The summed E-state index contributed by atoms with van der Waals surface area (Å²) in [4.78, 5) is 27.5. The second kappa shape index (κ2) is 7.82. The summed E-state index contributed by atoms with van der Waals surface area (Å²) in [6, 6.07) is 8.31. The molecule has 1 unspecified atom stereocenters. The molecule has 0 aliphatic carbocycles. The SMILES string of the molecule is CCC1CCCCN1C(=O)C(C)(C)C(=O)NCc1cccc(C)c1. The quantitative estimate of drug-likeness (QED) is 0.841. The molecule has 1 aliphatic rings. The van der Waals surface area contributed by atoms with E-state index in [2.05, 4.69) is 12.2 Å². The maximum absolute atomic E-state index is 13.0. The van der Waals surface area contributed by atoms with Crippen molar-refractivity contribution in [1.29, 1.82) is 0 Å². The van der Waals surface area contributed by atoms with Crippen molar-refractivity contribution in [2.75, 3.05) is 6.54 Å². The summed E-state index contributed by atoms with van der Waals surface area (Å²) in [5, 5.41) is 2.93. The van der Waals surface area contributed by atoms with Crippen molar-refractivity contribution in [3.8, 4) is 0 Å². The normalized spacial score (nSPS) is 18.3. The molecule has 1 saturated heterocycles. The summed E-state index contributed by atoms with van der Waals surface area (Å²) in [7, 11) is 0. The van der Waals surface area contributed by atoms with E-state index in [0.29, 0.717) is 6.54 Å². The number of nitrogens with zero attached hydrogens (tertiary/aromatic N) is 1. The number of likely N-dealkylation sites (tertiary alicyclic amines) is 1. The second-order valence-corrected chi connectivity index (χ2v) is 7.35. The van der Waals surface area contributed by atoms with Gasteiger partial charge in [-0.2, -0.15) is 0 Å². The highest BCUT2D eigenvalue weighted by Crippen LogP contribution is 2.27. The number of amides is 2. The number of carbonyl (C=O) groups excluding carboxylic acids is 2. The highest BCUT2D eigenvalue weighted by atomic mass is 16.2. The van der Waals surface area contributed by atoms with E-state index >= 15 is 0 Å². The van der Waals surface area contributed by atoms with Crippen LogP contribution in [0.5, 0.6) is 0 Å². The van der Waals surface area contributed by atoms with Gasteiger partial charge < -0.3 is 10.2 Å². The molecular formula is C20H30N2O2. The molecule has 4 heteroatoms. The number of piperidine rings is 1. The minimum absolute atomic E-state index is 0.0456. The van der Waals surface area contributed by atoms with Crippen LogP contribution < -0.4 is 5.32 Å². The fraction of sp³-hybridized carbons (Fsp3) is 0.600. The zero-order chi connectivity index (χ0) is 17.7. The van der Waals surface area contributed by atoms with Crippen molar-refractivity contribution in [2.45, 2.75) is 66.0 Å². The number of benzene rings is 1. The molecule has 1 N–H and O–H groups in total. The van der Waals surface area contributed by atoms with E-state index in [9.17, 15) is 9.59 Å². The van der Waals surface area contributed by atoms with Gasteiger partial charge in [0.05, 0.1) is 0 Å². The Balaban J connectivity index is 2.02. The van der Waals surface area contributed by atoms with Gasteiger partial charge in [0, 0.05) is 19.1 Å². The highest BCUT2D eigenvalue weighted by molar-refractivity contribution is 6.04. The lowest BCUT2D eigenvalue weighted by Gasteiger charge is -2.39. The molecule has 1 aromatic rings. The molecule has 0 radical (unpaired) electrons. The van der Waals surface area contributed by atoms with E-state index in [1.807, 2.05) is 36.1 Å². The van der Waals surface area contributed by atoms with Crippen LogP contribution in [-0.4, -0.2) is 29.3 Å². The number of hydrogen-bond acceptors (Lipinski definition) is 2. The fourth-order valence-corrected chi connectivity index (χ4v) is 3.37. The zero-order valence-electron chi connectivity index (χ0n) is 15.4. The van der Waals surface area contributed by atoms with Gasteiger partial charge in [-0.25, -0.2) is 0 Å². The zero-order valence-corrected chi connectivity index (χ0v) is 15.4. The van der Waals surface area contributed by atoms with Crippen LogP contribution in [-0.2, 0) is 16.1 Å². The Hall–Kier alpha value is -1.84. The summed E-state index contributed by atoms with van der Waals surface area (Å²) >= 11 is 0. The van der Waals surface area contributed by atoms with Gasteiger partial charge in [-0.05, 0) is 52.0 Å². The Labute approximate surface area is 145 Å². The summed E-state index contributed by atoms with van der Waals surface area (Å²) in [6.45, 7) is 8.84. The Kier molecular flexibility index (Phi) is 6.03. The van der Waals surface area contributed by atoms with Gasteiger partial charge in [0.1, 0.15) is 5.41 Å². The number of aryl methyl sites for hydroxylation is 1. The average molecular weight is 330 g/mol. The first kappa shape index (κ1) is 18.5. The van der Waals surface area contributed by atoms with E-state index in [4.69, 9.17) is 0 Å². The molecule has 4 nitrogen and oxygen atoms in total. The summed E-state index contributed by atoms with van der Waals surface area (Å²) in [5.41, 5.74) is 1.18. The Morgan fingerprint density at radius 3 is 2.71 bits per heavy atom. The van der Waals surface area contributed by atoms with E-state index in [1.54, 1.807) is 13.8 Å². The molecule has 0 spiro atoms. The highest BCUT2D eigenvalue weighted by Gasteiger charge is 2.41. The number of rotatable bonds is 5. The fourth-order valence-electron chi connectivity index (χ4n) is 3.37. The first-order valence-corrected chi connectivity index (χ1v) is 9.01. The average Bonchev–Trinajstić information content (AvgIpc) is 2.58. The Morgan fingerprint density at radius 2 is 2.04 bits per heavy atom. The maximum atomic E-state index is 13.0. The van der Waals surface area contributed by atoms with Crippen LogP contribution in [0.4, 0.5) is 0 Å². The molecule has 132 valence electrons. The van der Waals surface area contributed by atoms with Gasteiger partial charge in [0.15, 0.2) is 0 Å². The Bertz CT molecular complexity index is 595. The molecule has 1 atom stereocenters. The molecule has 1 fully saturated rings. The van der Waals surface area contributed by atoms with Gasteiger partial charge in [-0.3, -0.25) is 9.59 Å². The van der Waals surface area contributed by atoms with Crippen molar-refractivity contribution in [3.63, 3.8) is 0 Å². The molecule has 0 aromatic heterocycles. The number of nitrogens with one attached hydrogen (secondary N) is 1. The van der Waals surface area contributed by atoms with E-state index in [-0.39, 0.29) is 17.9 Å². The maximum Gasteiger partial charge on any atom is 0.237 e. The van der Waals surface area contributed by atoms with Crippen molar-refractivity contribution in [3.05, 3.63) is 35.4 Å². The van der Waals surface area contributed by atoms with Gasteiger partial charge >= 0.3 is 0 Å². The van der Waals surface area contributed by atoms with E-state index < -0.39 is 5.41 Å². The number of carbonyl (C=O) groups is 2. The third kappa shape index (κ3) is 4.16. The third-order valence-corrected chi connectivity index (χ3v) is 5.00. The van der Waals surface area contributed by atoms with Gasteiger partial charge in [0.25, 0.3) is 0 Å². The van der Waals surface area contributed by atoms with Gasteiger partial charge in [-0.15, -0.1) is 0 Å². The minimum Gasteiger partial charge on any atom is -0.351 e. The lowest BCUT2D eigenvalue weighted by Crippen LogP contribution is -2.53. The van der Waals surface area contributed by atoms with Crippen molar-refractivity contribution < 1.29 is 9.59 Å². The summed E-state index contributed by atoms with van der Waals surface area (Å²) < 4.78 is 0. The molecule has 2 rings (SSSR count). The molecule has 1 aliphatic heterocycles. The molecular weight excluding hydrogens is 300 g/mol. The molecule has 2 amide bonds. The first-order chi connectivity index (χ1) is 11.4. The van der Waals surface area contributed by atoms with Gasteiger partial charge in [0.2, 0.25) is 11.8 Å². The molecule has 24 heavy (non-hydrogen) atoms. The molecule has 0 bridgehead atoms. The van der Waals surface area contributed by atoms with Crippen LogP contribution in [0.3, 0.4) is 0 Å². The molecule has 0 saturated carbocycles. The van der Waals surface area contributed by atoms with E-state index in [1.165, 1.54) is 6.42 Å². The van der Waals surface area contributed by atoms with Crippen LogP contribution >= 0.6 is 0 Å².